The van der Waals surface area contributed by atoms with Gasteiger partial charge in [-0.3, -0.25) is 0 Å². The largest absolute Gasteiger partial charge is 0.508 e. The second-order valence-corrected chi connectivity index (χ2v) is 8.42. The molecule has 0 aromatic heterocycles. The molecular weight excluding hydrogens is 413 g/mol. The zero-order valence-electron chi connectivity index (χ0n) is 18.1. The molecule has 1 aliphatic rings. The Morgan fingerprint density at radius 1 is 0.812 bits per heavy atom. The number of rotatable bonds is 6. The highest BCUT2D eigenvalue weighted by atomic mass is 19.2. The molecule has 0 atom stereocenters. The lowest BCUT2D eigenvalue weighted by Gasteiger charge is -2.30. The van der Waals surface area contributed by atoms with E-state index in [4.69, 9.17) is 4.74 Å². The summed E-state index contributed by atoms with van der Waals surface area (Å²) in [5.74, 6) is -1.84. The summed E-state index contributed by atoms with van der Waals surface area (Å²) in [6, 6.07) is 14.6. The highest BCUT2D eigenvalue weighted by molar-refractivity contribution is 5.65. The lowest BCUT2D eigenvalue weighted by atomic mass is 9.75. The van der Waals surface area contributed by atoms with Crippen molar-refractivity contribution < 1.29 is 23.0 Å². The molecule has 0 bridgehead atoms. The minimum absolute atomic E-state index is 0.0726. The van der Waals surface area contributed by atoms with Crippen molar-refractivity contribution in [3.8, 4) is 16.9 Å². The van der Waals surface area contributed by atoms with Crippen LogP contribution in [0, 0.1) is 17.5 Å². The van der Waals surface area contributed by atoms with E-state index in [-0.39, 0.29) is 29.0 Å². The van der Waals surface area contributed by atoms with Gasteiger partial charge < -0.3 is 9.84 Å². The van der Waals surface area contributed by atoms with E-state index in [1.165, 1.54) is 18.2 Å². The normalized spacial score (nSPS) is 18.6. The number of hydrogen-bond donors (Lipinski definition) is 1. The van der Waals surface area contributed by atoms with Crippen molar-refractivity contribution in [2.75, 3.05) is 6.61 Å². The Labute approximate surface area is 186 Å². The van der Waals surface area contributed by atoms with Crippen molar-refractivity contribution in [2.24, 2.45) is 0 Å². The number of aromatic hydroxyl groups is 1. The number of phenols is 1. The van der Waals surface area contributed by atoms with Crippen molar-refractivity contribution in [1.82, 2.24) is 0 Å². The average Bonchev–Trinajstić information content (AvgIpc) is 2.80. The Kier molecular flexibility index (Phi) is 6.85. The van der Waals surface area contributed by atoms with Gasteiger partial charge in [0.25, 0.3) is 0 Å². The van der Waals surface area contributed by atoms with Gasteiger partial charge in [-0.25, -0.2) is 13.2 Å². The maximum atomic E-state index is 14.9. The molecule has 1 N–H and O–H groups in total. The number of ether oxygens (including phenoxy) is 1. The third-order valence-corrected chi connectivity index (χ3v) is 6.44. The van der Waals surface area contributed by atoms with Crippen LogP contribution in [0.4, 0.5) is 13.2 Å². The molecular formula is C27H27F3O2. The molecule has 0 unspecified atom stereocenters. The number of phenolic OH excluding ortho intramolecular Hbond substituents is 1. The van der Waals surface area contributed by atoms with Gasteiger partial charge in [0.2, 0.25) is 0 Å². The predicted octanol–water partition coefficient (Wildman–Crippen LogP) is 7.45. The van der Waals surface area contributed by atoms with E-state index in [1.807, 2.05) is 19.1 Å². The molecule has 4 rings (SSSR count). The molecule has 1 fully saturated rings. The lowest BCUT2D eigenvalue weighted by Crippen LogP contribution is -2.15. The van der Waals surface area contributed by atoms with Gasteiger partial charge in [0.1, 0.15) is 11.6 Å². The van der Waals surface area contributed by atoms with Gasteiger partial charge in [0.05, 0.1) is 6.61 Å². The van der Waals surface area contributed by atoms with Crippen molar-refractivity contribution >= 4 is 0 Å². The molecule has 168 valence electrons. The molecule has 0 heterocycles. The SMILES string of the molecule is CCOCc1ccc(C2CCC(c3ccc(-c4ccc(O)cc4)c(F)c3F)CC2)c(F)c1. The zero-order chi connectivity index (χ0) is 22.7. The molecule has 0 spiro atoms. The fourth-order valence-electron chi connectivity index (χ4n) is 4.67. The summed E-state index contributed by atoms with van der Waals surface area (Å²) in [7, 11) is 0. The molecule has 1 aliphatic carbocycles. The Bertz CT molecular complexity index is 1070. The summed E-state index contributed by atoms with van der Waals surface area (Å²) in [4.78, 5) is 0. The molecule has 5 heteroatoms. The van der Waals surface area contributed by atoms with E-state index in [0.29, 0.717) is 42.7 Å². The third-order valence-electron chi connectivity index (χ3n) is 6.44. The zero-order valence-corrected chi connectivity index (χ0v) is 18.1. The van der Waals surface area contributed by atoms with Crippen LogP contribution in [0.2, 0.25) is 0 Å². The Morgan fingerprint density at radius 2 is 1.44 bits per heavy atom. The highest BCUT2D eigenvalue weighted by Crippen LogP contribution is 2.43. The fourth-order valence-corrected chi connectivity index (χ4v) is 4.67. The van der Waals surface area contributed by atoms with E-state index in [0.717, 1.165) is 18.4 Å². The van der Waals surface area contributed by atoms with Crippen LogP contribution in [0.3, 0.4) is 0 Å². The van der Waals surface area contributed by atoms with Gasteiger partial charge in [0.15, 0.2) is 11.6 Å². The molecule has 0 amide bonds. The van der Waals surface area contributed by atoms with E-state index < -0.39 is 11.6 Å². The summed E-state index contributed by atoms with van der Waals surface area (Å²) in [5.41, 5.74) is 2.58. The topological polar surface area (TPSA) is 29.5 Å². The van der Waals surface area contributed by atoms with Crippen LogP contribution in [-0.2, 0) is 11.3 Å². The van der Waals surface area contributed by atoms with Gasteiger partial charge in [-0.05, 0) is 84.9 Å². The van der Waals surface area contributed by atoms with E-state index in [9.17, 15) is 18.3 Å². The lowest BCUT2D eigenvalue weighted by molar-refractivity contribution is 0.134. The van der Waals surface area contributed by atoms with Crippen LogP contribution in [-0.4, -0.2) is 11.7 Å². The van der Waals surface area contributed by atoms with Crippen LogP contribution in [0.15, 0.2) is 54.6 Å². The molecule has 0 radical (unpaired) electrons. The molecule has 2 nitrogen and oxygen atoms in total. The van der Waals surface area contributed by atoms with Gasteiger partial charge in [-0.2, -0.15) is 0 Å². The van der Waals surface area contributed by atoms with Crippen LogP contribution < -0.4 is 0 Å². The quantitative estimate of drug-likeness (QED) is 0.431. The summed E-state index contributed by atoms with van der Waals surface area (Å²) < 4.78 is 49.8. The Hall–Kier alpha value is -2.79. The fraction of sp³-hybridized carbons (Fsp3) is 0.333. The van der Waals surface area contributed by atoms with E-state index in [1.54, 1.807) is 24.3 Å². The number of benzene rings is 3. The summed E-state index contributed by atoms with van der Waals surface area (Å²) in [5, 5.41) is 9.41. The van der Waals surface area contributed by atoms with Gasteiger partial charge in [-0.15, -0.1) is 0 Å². The van der Waals surface area contributed by atoms with Crippen molar-refractivity contribution in [2.45, 2.75) is 51.0 Å². The Balaban J connectivity index is 1.46. The van der Waals surface area contributed by atoms with Crippen molar-refractivity contribution in [1.29, 1.82) is 0 Å². The number of hydrogen-bond acceptors (Lipinski definition) is 2. The summed E-state index contributed by atoms with van der Waals surface area (Å²) >= 11 is 0. The monoisotopic (exact) mass is 440 g/mol. The average molecular weight is 441 g/mol. The standard InChI is InChI=1S/C27H27F3O2/c1-2-32-16-17-3-12-22(25(28)15-17)18-4-6-19(7-5-18)23-13-14-24(27(30)26(23)29)20-8-10-21(31)11-9-20/h3,8-15,18-19,31H,2,4-7,16H2,1H3. The Morgan fingerprint density at radius 3 is 2.06 bits per heavy atom. The molecule has 0 saturated heterocycles. The van der Waals surface area contributed by atoms with Gasteiger partial charge >= 0.3 is 0 Å². The van der Waals surface area contributed by atoms with Crippen LogP contribution in [0.5, 0.6) is 5.75 Å². The maximum Gasteiger partial charge on any atom is 0.166 e. The summed E-state index contributed by atoms with van der Waals surface area (Å²) in [6.07, 6.45) is 2.82. The first-order valence-electron chi connectivity index (χ1n) is 11.1. The second kappa shape index (κ2) is 9.78. The number of halogens is 3. The smallest absolute Gasteiger partial charge is 0.166 e. The second-order valence-electron chi connectivity index (χ2n) is 8.42. The molecule has 32 heavy (non-hydrogen) atoms. The minimum atomic E-state index is -0.869. The first-order valence-corrected chi connectivity index (χ1v) is 11.1. The third kappa shape index (κ3) is 4.68. The van der Waals surface area contributed by atoms with E-state index in [2.05, 4.69) is 0 Å². The highest BCUT2D eigenvalue weighted by Gasteiger charge is 2.28. The maximum absolute atomic E-state index is 14.9. The predicted molar refractivity (Wildman–Crippen MR) is 119 cm³/mol. The van der Waals surface area contributed by atoms with Crippen LogP contribution in [0.25, 0.3) is 11.1 Å². The van der Waals surface area contributed by atoms with Crippen molar-refractivity contribution in [3.05, 3.63) is 88.7 Å². The van der Waals surface area contributed by atoms with Crippen molar-refractivity contribution in [3.63, 3.8) is 0 Å². The first kappa shape index (κ1) is 22.4. The van der Waals surface area contributed by atoms with Crippen LogP contribution in [0.1, 0.15) is 61.1 Å². The summed E-state index contributed by atoms with van der Waals surface area (Å²) in [6.45, 7) is 2.88. The first-order chi connectivity index (χ1) is 15.5. The molecule has 3 aromatic carbocycles. The molecule has 0 aliphatic heterocycles. The van der Waals surface area contributed by atoms with Gasteiger partial charge in [-0.1, -0.05) is 36.4 Å². The molecule has 3 aromatic rings. The van der Waals surface area contributed by atoms with Crippen LogP contribution >= 0.6 is 0 Å². The van der Waals surface area contributed by atoms with E-state index >= 15 is 0 Å². The minimum Gasteiger partial charge on any atom is -0.508 e. The molecule has 1 saturated carbocycles. The van der Waals surface area contributed by atoms with Gasteiger partial charge in [0, 0.05) is 12.2 Å².